The van der Waals surface area contributed by atoms with Crippen LogP contribution in [0.1, 0.15) is 34.1 Å². The molecule has 1 saturated heterocycles. The van der Waals surface area contributed by atoms with Crippen LogP contribution in [0, 0.1) is 12.3 Å². The molecular formula is C15H27NO3. The molecular weight excluding hydrogens is 242 g/mol. The molecule has 0 aromatic heterocycles. The van der Waals surface area contributed by atoms with Gasteiger partial charge in [-0.05, 0) is 27.2 Å². The first kappa shape index (κ1) is 16.5. The Hall–Kier alpha value is -0.600. The predicted molar refractivity (Wildman–Crippen MR) is 75.9 cm³/mol. The quantitative estimate of drug-likeness (QED) is 0.738. The molecule has 1 fully saturated rings. The number of morpholine rings is 1. The average Bonchev–Trinajstić information content (AvgIpc) is 2.35. The fourth-order valence-corrected chi connectivity index (χ4v) is 2.31. The highest BCUT2D eigenvalue weighted by molar-refractivity contribution is 5.05. The van der Waals surface area contributed by atoms with Crippen LogP contribution in [-0.2, 0) is 9.47 Å². The second kappa shape index (κ2) is 7.25. The van der Waals surface area contributed by atoms with Crippen LogP contribution in [0.5, 0.6) is 0 Å². The zero-order chi connectivity index (χ0) is 14.5. The van der Waals surface area contributed by atoms with E-state index in [1.165, 1.54) is 0 Å². The second-order valence-corrected chi connectivity index (χ2v) is 5.67. The number of terminal acetylenes is 1. The highest BCUT2D eigenvalue weighted by Crippen LogP contribution is 2.15. The van der Waals surface area contributed by atoms with Gasteiger partial charge in [-0.15, -0.1) is 6.42 Å². The van der Waals surface area contributed by atoms with Gasteiger partial charge in [0.05, 0.1) is 24.9 Å². The van der Waals surface area contributed by atoms with Crippen molar-refractivity contribution in [1.82, 2.24) is 4.90 Å². The van der Waals surface area contributed by atoms with Gasteiger partial charge in [0.1, 0.15) is 5.60 Å². The number of aliphatic hydroxyl groups is 1. The summed E-state index contributed by atoms with van der Waals surface area (Å²) in [6.45, 7) is 10.5. The molecule has 0 aromatic rings. The lowest BCUT2D eigenvalue weighted by molar-refractivity contribution is -0.0904. The third-order valence-corrected chi connectivity index (χ3v) is 3.54. The molecule has 4 nitrogen and oxygen atoms in total. The first-order chi connectivity index (χ1) is 8.88. The van der Waals surface area contributed by atoms with Gasteiger partial charge in [0.2, 0.25) is 0 Å². The van der Waals surface area contributed by atoms with Gasteiger partial charge in [0.25, 0.3) is 0 Å². The summed E-state index contributed by atoms with van der Waals surface area (Å²) in [6.07, 6.45) is 6.08. The van der Waals surface area contributed by atoms with Crippen LogP contribution in [0.3, 0.4) is 0 Å². The average molecular weight is 269 g/mol. The van der Waals surface area contributed by atoms with Crippen molar-refractivity contribution in [3.05, 3.63) is 0 Å². The Morgan fingerprint density at radius 3 is 2.53 bits per heavy atom. The molecule has 19 heavy (non-hydrogen) atoms. The van der Waals surface area contributed by atoms with Crippen LogP contribution >= 0.6 is 0 Å². The Labute approximate surface area is 117 Å². The molecule has 4 atom stereocenters. The summed E-state index contributed by atoms with van der Waals surface area (Å²) in [5.41, 5.74) is -0.577. The Balaban J connectivity index is 2.35. The summed E-state index contributed by atoms with van der Waals surface area (Å²) in [4.78, 5) is 2.21. The van der Waals surface area contributed by atoms with E-state index in [1.807, 2.05) is 13.8 Å². The number of hydrogen-bond donors (Lipinski definition) is 1. The molecule has 1 heterocycles. The fraction of sp³-hybridized carbons (Fsp3) is 0.867. The van der Waals surface area contributed by atoms with Crippen molar-refractivity contribution < 1.29 is 14.6 Å². The van der Waals surface area contributed by atoms with Crippen molar-refractivity contribution in [3.8, 4) is 12.3 Å². The largest absolute Gasteiger partial charge is 0.389 e. The van der Waals surface area contributed by atoms with E-state index in [-0.39, 0.29) is 18.8 Å². The third kappa shape index (κ3) is 5.50. The maximum atomic E-state index is 10.1. The van der Waals surface area contributed by atoms with Gasteiger partial charge < -0.3 is 14.6 Å². The van der Waals surface area contributed by atoms with Crippen LogP contribution in [0.2, 0.25) is 0 Å². The number of ether oxygens (including phenoxy) is 2. The first-order valence-corrected chi connectivity index (χ1v) is 7.06. The normalized spacial score (nSPS) is 29.5. The molecule has 1 rings (SSSR count). The Morgan fingerprint density at radius 2 is 2.05 bits per heavy atom. The minimum Gasteiger partial charge on any atom is -0.389 e. The van der Waals surface area contributed by atoms with E-state index in [4.69, 9.17) is 15.9 Å². The molecule has 0 unspecified atom stereocenters. The summed E-state index contributed by atoms with van der Waals surface area (Å²) in [5, 5.41) is 10.1. The lowest BCUT2D eigenvalue weighted by Gasteiger charge is -2.36. The topological polar surface area (TPSA) is 41.9 Å². The molecule has 0 aromatic carbocycles. The fourth-order valence-electron chi connectivity index (χ4n) is 2.31. The smallest absolute Gasteiger partial charge is 0.125 e. The van der Waals surface area contributed by atoms with Crippen molar-refractivity contribution in [3.63, 3.8) is 0 Å². The lowest BCUT2D eigenvalue weighted by atomic mass is 10.1. The van der Waals surface area contributed by atoms with Gasteiger partial charge in [-0.3, -0.25) is 4.90 Å². The zero-order valence-corrected chi connectivity index (χ0v) is 12.6. The first-order valence-electron chi connectivity index (χ1n) is 7.06. The van der Waals surface area contributed by atoms with Crippen molar-refractivity contribution in [2.24, 2.45) is 0 Å². The van der Waals surface area contributed by atoms with Gasteiger partial charge in [0, 0.05) is 19.6 Å². The van der Waals surface area contributed by atoms with Gasteiger partial charge in [-0.25, -0.2) is 0 Å². The van der Waals surface area contributed by atoms with Gasteiger partial charge in [-0.1, -0.05) is 12.8 Å². The minimum absolute atomic E-state index is 0.212. The number of aliphatic hydroxyl groups excluding tert-OH is 1. The molecule has 0 radical (unpaired) electrons. The van der Waals surface area contributed by atoms with Crippen LogP contribution in [-0.4, -0.2) is 60.2 Å². The molecule has 1 aliphatic rings. The SMILES string of the molecule is C#C[C@](C)(CC)OC[C@H](O)CN1C[C@@H](C)O[C@@H](C)C1. The van der Waals surface area contributed by atoms with E-state index in [1.54, 1.807) is 0 Å². The van der Waals surface area contributed by atoms with Crippen LogP contribution in [0.4, 0.5) is 0 Å². The summed E-state index contributed by atoms with van der Waals surface area (Å²) in [6, 6.07) is 0. The van der Waals surface area contributed by atoms with Gasteiger partial charge in [0.15, 0.2) is 0 Å². The van der Waals surface area contributed by atoms with E-state index in [9.17, 15) is 5.11 Å². The van der Waals surface area contributed by atoms with E-state index in [0.29, 0.717) is 6.54 Å². The van der Waals surface area contributed by atoms with E-state index in [0.717, 1.165) is 19.5 Å². The summed E-state index contributed by atoms with van der Waals surface area (Å²) >= 11 is 0. The minimum atomic E-state index is -0.577. The van der Waals surface area contributed by atoms with Crippen LogP contribution in [0.25, 0.3) is 0 Å². The lowest BCUT2D eigenvalue weighted by Crippen LogP contribution is -2.49. The summed E-state index contributed by atoms with van der Waals surface area (Å²) < 4.78 is 11.3. The monoisotopic (exact) mass is 269 g/mol. The summed E-state index contributed by atoms with van der Waals surface area (Å²) in [7, 11) is 0. The number of rotatable bonds is 6. The molecule has 110 valence electrons. The molecule has 4 heteroatoms. The second-order valence-electron chi connectivity index (χ2n) is 5.67. The number of β-amino-alcohol motifs (C(OH)–C–C–N with tert-alkyl or cyclic N) is 1. The van der Waals surface area contributed by atoms with Crippen LogP contribution in [0.15, 0.2) is 0 Å². The van der Waals surface area contributed by atoms with E-state index >= 15 is 0 Å². The summed E-state index contributed by atoms with van der Waals surface area (Å²) in [5.74, 6) is 2.63. The van der Waals surface area contributed by atoms with Gasteiger partial charge >= 0.3 is 0 Å². The van der Waals surface area contributed by atoms with Gasteiger partial charge in [-0.2, -0.15) is 0 Å². The highest BCUT2D eigenvalue weighted by Gasteiger charge is 2.25. The Kier molecular flexibility index (Phi) is 6.28. The zero-order valence-electron chi connectivity index (χ0n) is 12.6. The highest BCUT2D eigenvalue weighted by atomic mass is 16.5. The molecule has 1 N–H and O–H groups in total. The maximum absolute atomic E-state index is 10.1. The molecule has 0 amide bonds. The van der Waals surface area contributed by atoms with Crippen molar-refractivity contribution >= 4 is 0 Å². The number of nitrogens with zero attached hydrogens (tertiary/aromatic N) is 1. The van der Waals surface area contributed by atoms with E-state index < -0.39 is 11.7 Å². The van der Waals surface area contributed by atoms with Crippen molar-refractivity contribution in [2.75, 3.05) is 26.2 Å². The third-order valence-electron chi connectivity index (χ3n) is 3.54. The molecule has 0 bridgehead atoms. The standard InChI is InChI=1S/C15H27NO3/c1-6-15(5,7-2)18-11-14(17)10-16-8-12(3)19-13(4)9-16/h1,12-14,17H,7-11H2,2-5H3/t12-,13+,14-,15-/m1/s1. The molecule has 1 aliphatic heterocycles. The van der Waals surface area contributed by atoms with Crippen LogP contribution < -0.4 is 0 Å². The van der Waals surface area contributed by atoms with Crippen molar-refractivity contribution in [2.45, 2.75) is 58.0 Å². The number of hydrogen-bond acceptors (Lipinski definition) is 4. The maximum Gasteiger partial charge on any atom is 0.125 e. The van der Waals surface area contributed by atoms with E-state index in [2.05, 4.69) is 24.7 Å². The predicted octanol–water partition coefficient (Wildman–Crippen LogP) is 1.27. The molecule has 0 aliphatic carbocycles. The molecule has 0 saturated carbocycles. The molecule has 0 spiro atoms. The Bertz CT molecular complexity index is 305. The van der Waals surface area contributed by atoms with Crippen molar-refractivity contribution in [1.29, 1.82) is 0 Å². The Morgan fingerprint density at radius 1 is 1.47 bits per heavy atom.